The van der Waals surface area contributed by atoms with E-state index in [0.29, 0.717) is 6.42 Å². The summed E-state index contributed by atoms with van der Waals surface area (Å²) >= 11 is 4.79. The molecule has 2 aromatic heterocycles. The number of Topliss-reactive ketones (excluding diaryl/α,β-unsaturated/α-hetero) is 1. The summed E-state index contributed by atoms with van der Waals surface area (Å²) in [5, 5.41) is 10.9. The summed E-state index contributed by atoms with van der Waals surface area (Å²) in [6.07, 6.45) is 1.51. The Morgan fingerprint density at radius 2 is 2.35 bits per heavy atom. The summed E-state index contributed by atoms with van der Waals surface area (Å²) in [5.74, 6) is 1.17. The maximum absolute atomic E-state index is 11.7. The summed E-state index contributed by atoms with van der Waals surface area (Å²) in [6.45, 7) is 1.95. The first-order valence-electron chi connectivity index (χ1n) is 5.25. The molecule has 0 amide bonds. The monoisotopic (exact) mass is 284 g/mol. The van der Waals surface area contributed by atoms with Crippen molar-refractivity contribution in [1.29, 1.82) is 0 Å². The Labute approximate surface area is 112 Å². The maximum Gasteiger partial charge on any atom is 0.174 e. The average Bonchev–Trinajstić information content (AvgIpc) is 2.95. The van der Waals surface area contributed by atoms with Gasteiger partial charge in [0, 0.05) is 12.2 Å². The maximum atomic E-state index is 11.7. The van der Waals surface area contributed by atoms with Gasteiger partial charge in [-0.25, -0.2) is 0 Å². The van der Waals surface area contributed by atoms with Gasteiger partial charge in [0.15, 0.2) is 10.1 Å². The molecule has 0 aromatic carbocycles. The molecule has 0 aliphatic heterocycles. The number of rotatable bonds is 6. The van der Waals surface area contributed by atoms with E-state index in [9.17, 15) is 4.79 Å². The third-order valence-electron chi connectivity index (χ3n) is 2.08. The Kier molecular flexibility index (Phi) is 4.70. The van der Waals surface area contributed by atoms with E-state index in [1.165, 1.54) is 11.3 Å². The zero-order chi connectivity index (χ0) is 12.1. The number of hydrogen-bond donors (Lipinski definition) is 0. The molecule has 0 aliphatic carbocycles. The first-order chi connectivity index (χ1) is 8.25. The average molecular weight is 284 g/mol. The fraction of sp³-hybridized carbons (Fsp3) is 0.364. The normalized spacial score (nSPS) is 10.6. The molecule has 3 nitrogen and oxygen atoms in total. The Hall–Kier alpha value is -0.720. The van der Waals surface area contributed by atoms with Crippen LogP contribution in [0, 0.1) is 6.92 Å². The van der Waals surface area contributed by atoms with E-state index >= 15 is 0 Å². The van der Waals surface area contributed by atoms with Crippen molar-refractivity contribution in [2.45, 2.75) is 24.1 Å². The Balaban J connectivity index is 1.68. The summed E-state index contributed by atoms with van der Waals surface area (Å²) in [6, 6.07) is 3.80. The van der Waals surface area contributed by atoms with Crippen LogP contribution in [0.25, 0.3) is 0 Å². The second kappa shape index (κ2) is 6.28. The van der Waals surface area contributed by atoms with Crippen LogP contribution in [0.4, 0.5) is 0 Å². The number of thioether (sulfide) groups is 1. The van der Waals surface area contributed by atoms with Crippen LogP contribution in [0.3, 0.4) is 0 Å². The van der Waals surface area contributed by atoms with Gasteiger partial charge in [-0.05, 0) is 24.8 Å². The minimum atomic E-state index is 0.244. The first-order valence-corrected chi connectivity index (χ1v) is 7.93. The molecule has 2 rings (SSSR count). The van der Waals surface area contributed by atoms with E-state index in [4.69, 9.17) is 0 Å². The van der Waals surface area contributed by atoms with E-state index in [1.54, 1.807) is 23.1 Å². The highest BCUT2D eigenvalue weighted by molar-refractivity contribution is 8.01. The molecule has 2 aromatic rings. The van der Waals surface area contributed by atoms with E-state index in [2.05, 4.69) is 10.2 Å². The molecule has 0 N–H and O–H groups in total. The lowest BCUT2D eigenvalue weighted by Crippen LogP contribution is -1.96. The van der Waals surface area contributed by atoms with Crippen LogP contribution < -0.4 is 0 Å². The predicted octanol–water partition coefficient (Wildman–Crippen LogP) is 3.66. The quantitative estimate of drug-likeness (QED) is 0.461. The van der Waals surface area contributed by atoms with Gasteiger partial charge in [-0.1, -0.05) is 29.2 Å². The molecule has 0 unspecified atom stereocenters. The van der Waals surface area contributed by atoms with Crippen molar-refractivity contribution < 1.29 is 4.79 Å². The topological polar surface area (TPSA) is 42.9 Å². The zero-order valence-electron chi connectivity index (χ0n) is 9.38. The SMILES string of the molecule is Cc1nnc(SCCCC(=O)c2cccs2)s1. The van der Waals surface area contributed by atoms with Crippen LogP contribution in [0.5, 0.6) is 0 Å². The van der Waals surface area contributed by atoms with E-state index in [0.717, 1.165) is 26.4 Å². The summed E-state index contributed by atoms with van der Waals surface area (Å²) in [7, 11) is 0. The molecule has 0 fully saturated rings. The third kappa shape index (κ3) is 3.90. The van der Waals surface area contributed by atoms with Gasteiger partial charge in [-0.3, -0.25) is 4.79 Å². The molecule has 17 heavy (non-hydrogen) atoms. The molecular weight excluding hydrogens is 272 g/mol. The largest absolute Gasteiger partial charge is 0.293 e. The Morgan fingerprint density at radius 1 is 1.47 bits per heavy atom. The van der Waals surface area contributed by atoms with Gasteiger partial charge >= 0.3 is 0 Å². The van der Waals surface area contributed by atoms with E-state index in [-0.39, 0.29) is 5.78 Å². The second-order valence-electron chi connectivity index (χ2n) is 3.44. The minimum Gasteiger partial charge on any atom is -0.293 e. The molecule has 90 valence electrons. The Bertz CT molecular complexity index is 479. The molecule has 2 heterocycles. The third-order valence-corrected chi connectivity index (χ3v) is 5.05. The van der Waals surface area contributed by atoms with E-state index in [1.807, 2.05) is 24.4 Å². The molecule has 6 heteroatoms. The molecule has 0 spiro atoms. The molecular formula is C11H12N2OS3. The second-order valence-corrected chi connectivity index (χ2v) is 6.91. The first kappa shape index (κ1) is 12.7. The van der Waals surface area contributed by atoms with Gasteiger partial charge < -0.3 is 0 Å². The molecule has 0 saturated heterocycles. The van der Waals surface area contributed by atoms with Gasteiger partial charge in [-0.15, -0.1) is 21.5 Å². The highest BCUT2D eigenvalue weighted by Crippen LogP contribution is 2.23. The lowest BCUT2D eigenvalue weighted by Gasteiger charge is -1.97. The van der Waals surface area contributed by atoms with Crippen LogP contribution in [-0.4, -0.2) is 21.7 Å². The van der Waals surface area contributed by atoms with Crippen LogP contribution in [0.15, 0.2) is 21.9 Å². The van der Waals surface area contributed by atoms with E-state index < -0.39 is 0 Å². The minimum absolute atomic E-state index is 0.244. The highest BCUT2D eigenvalue weighted by atomic mass is 32.2. The van der Waals surface area contributed by atoms with Crippen LogP contribution in [0.2, 0.25) is 0 Å². The summed E-state index contributed by atoms with van der Waals surface area (Å²) < 4.78 is 0.992. The van der Waals surface area contributed by atoms with Crippen molar-refractivity contribution >= 4 is 40.2 Å². The molecule has 0 saturated carbocycles. The van der Waals surface area contributed by atoms with Crippen LogP contribution >= 0.6 is 34.4 Å². The van der Waals surface area contributed by atoms with Crippen molar-refractivity contribution in [3.05, 3.63) is 27.4 Å². The predicted molar refractivity (Wildman–Crippen MR) is 73.3 cm³/mol. The van der Waals surface area contributed by atoms with Gasteiger partial charge in [-0.2, -0.15) is 0 Å². The molecule has 0 atom stereocenters. The number of hydrogen-bond acceptors (Lipinski definition) is 6. The number of thiophene rings is 1. The fourth-order valence-electron chi connectivity index (χ4n) is 1.29. The van der Waals surface area contributed by atoms with Crippen LogP contribution in [0.1, 0.15) is 27.5 Å². The summed E-state index contributed by atoms with van der Waals surface area (Å²) in [4.78, 5) is 12.6. The summed E-state index contributed by atoms with van der Waals surface area (Å²) in [5.41, 5.74) is 0. The number of aryl methyl sites for hydroxylation is 1. The van der Waals surface area contributed by atoms with Crippen molar-refractivity contribution in [3.8, 4) is 0 Å². The van der Waals surface area contributed by atoms with Crippen molar-refractivity contribution in [1.82, 2.24) is 10.2 Å². The molecule has 0 bridgehead atoms. The smallest absolute Gasteiger partial charge is 0.174 e. The van der Waals surface area contributed by atoms with Gasteiger partial charge in [0.25, 0.3) is 0 Å². The van der Waals surface area contributed by atoms with Crippen molar-refractivity contribution in [2.75, 3.05) is 5.75 Å². The van der Waals surface area contributed by atoms with Crippen LogP contribution in [-0.2, 0) is 0 Å². The van der Waals surface area contributed by atoms with Crippen molar-refractivity contribution in [2.24, 2.45) is 0 Å². The highest BCUT2D eigenvalue weighted by Gasteiger charge is 2.07. The number of ketones is 1. The lowest BCUT2D eigenvalue weighted by molar-refractivity contribution is 0.0986. The number of aromatic nitrogens is 2. The lowest BCUT2D eigenvalue weighted by atomic mass is 10.2. The number of carbonyl (C=O) groups excluding carboxylic acids is 1. The fourth-order valence-corrected chi connectivity index (χ4v) is 3.81. The molecule has 0 aliphatic rings. The standard InChI is InChI=1S/C11H12N2OS3/c1-8-12-13-11(17-8)16-7-2-4-9(14)10-5-3-6-15-10/h3,5-6H,2,4,7H2,1H3. The zero-order valence-corrected chi connectivity index (χ0v) is 11.8. The molecule has 0 radical (unpaired) electrons. The van der Waals surface area contributed by atoms with Crippen molar-refractivity contribution in [3.63, 3.8) is 0 Å². The number of nitrogens with zero attached hydrogens (tertiary/aromatic N) is 2. The van der Waals surface area contributed by atoms with Gasteiger partial charge in [0.1, 0.15) is 5.01 Å². The number of carbonyl (C=O) groups is 1. The Morgan fingerprint density at radius 3 is 3.00 bits per heavy atom. The van der Waals surface area contributed by atoms with Gasteiger partial charge in [0.2, 0.25) is 0 Å². The van der Waals surface area contributed by atoms with Gasteiger partial charge in [0.05, 0.1) is 4.88 Å².